The van der Waals surface area contributed by atoms with Crippen molar-refractivity contribution in [2.75, 3.05) is 39.3 Å². The van der Waals surface area contributed by atoms with Crippen LogP contribution in [0.3, 0.4) is 0 Å². The third kappa shape index (κ3) is 2.21. The highest BCUT2D eigenvalue weighted by atomic mass is 16.2. The van der Waals surface area contributed by atoms with Crippen LogP contribution in [0, 0.1) is 0 Å². The standard InChI is InChI=1S/C12H17N5O/c18-12(10-5-14-9-15-6-10)17-7-11(8-17)16-3-1-13-2-4-16/h5-6,9,11,13H,1-4,7-8H2. The number of carbonyl (C=O) groups is 1. The zero-order valence-corrected chi connectivity index (χ0v) is 10.2. The number of hydrogen-bond acceptors (Lipinski definition) is 5. The summed E-state index contributed by atoms with van der Waals surface area (Å²) in [6, 6.07) is 0.528. The van der Waals surface area contributed by atoms with Crippen molar-refractivity contribution in [2.24, 2.45) is 0 Å². The van der Waals surface area contributed by atoms with Gasteiger partial charge >= 0.3 is 0 Å². The molecule has 2 aliphatic heterocycles. The van der Waals surface area contributed by atoms with Crippen molar-refractivity contribution in [3.63, 3.8) is 0 Å². The van der Waals surface area contributed by atoms with Crippen LogP contribution in [-0.4, -0.2) is 71.0 Å². The SMILES string of the molecule is O=C(c1cncnc1)N1CC(N2CCNCC2)C1. The topological polar surface area (TPSA) is 61.4 Å². The van der Waals surface area contributed by atoms with Gasteiger partial charge in [0, 0.05) is 57.7 Å². The van der Waals surface area contributed by atoms with Gasteiger partial charge in [-0.05, 0) is 0 Å². The van der Waals surface area contributed by atoms with Crippen molar-refractivity contribution < 1.29 is 4.79 Å². The number of hydrogen-bond donors (Lipinski definition) is 1. The van der Waals surface area contributed by atoms with Gasteiger partial charge in [-0.3, -0.25) is 9.69 Å². The fraction of sp³-hybridized carbons (Fsp3) is 0.583. The fourth-order valence-electron chi connectivity index (χ4n) is 2.49. The van der Waals surface area contributed by atoms with Crippen LogP contribution in [0.4, 0.5) is 0 Å². The van der Waals surface area contributed by atoms with Gasteiger partial charge in [-0.1, -0.05) is 0 Å². The number of amides is 1. The lowest BCUT2D eigenvalue weighted by atomic mass is 10.1. The number of nitrogens with one attached hydrogen (secondary N) is 1. The summed E-state index contributed by atoms with van der Waals surface area (Å²) in [6.45, 7) is 5.93. The molecule has 1 N–H and O–H groups in total. The molecule has 0 bridgehead atoms. The van der Waals surface area contributed by atoms with E-state index in [1.807, 2.05) is 4.90 Å². The Hall–Kier alpha value is -1.53. The van der Waals surface area contributed by atoms with Crippen LogP contribution in [0.25, 0.3) is 0 Å². The first-order chi connectivity index (χ1) is 8.84. The van der Waals surface area contributed by atoms with Gasteiger partial charge in [0.05, 0.1) is 5.56 Å². The van der Waals surface area contributed by atoms with Crippen molar-refractivity contribution in [3.8, 4) is 0 Å². The molecule has 0 aliphatic carbocycles. The maximum atomic E-state index is 12.1. The van der Waals surface area contributed by atoms with Gasteiger partial charge in [0.15, 0.2) is 0 Å². The fourth-order valence-corrected chi connectivity index (χ4v) is 2.49. The molecule has 0 atom stereocenters. The number of rotatable bonds is 2. The molecular formula is C12H17N5O. The molecule has 18 heavy (non-hydrogen) atoms. The van der Waals surface area contributed by atoms with E-state index in [9.17, 15) is 4.79 Å². The largest absolute Gasteiger partial charge is 0.335 e. The lowest BCUT2D eigenvalue weighted by molar-refractivity contribution is 0.0226. The van der Waals surface area contributed by atoms with E-state index in [-0.39, 0.29) is 5.91 Å². The molecule has 1 amide bonds. The maximum absolute atomic E-state index is 12.1. The minimum absolute atomic E-state index is 0.0435. The van der Waals surface area contributed by atoms with Gasteiger partial charge in [0.25, 0.3) is 5.91 Å². The first-order valence-electron chi connectivity index (χ1n) is 6.33. The molecule has 6 heteroatoms. The molecule has 3 heterocycles. The quantitative estimate of drug-likeness (QED) is 0.742. The minimum atomic E-state index is 0.0435. The first kappa shape index (κ1) is 11.6. The Labute approximate surface area is 106 Å². The van der Waals surface area contributed by atoms with Crippen LogP contribution in [0.15, 0.2) is 18.7 Å². The second kappa shape index (κ2) is 4.99. The highest BCUT2D eigenvalue weighted by Crippen LogP contribution is 2.17. The van der Waals surface area contributed by atoms with Crippen LogP contribution in [0.1, 0.15) is 10.4 Å². The van der Waals surface area contributed by atoms with Crippen LogP contribution in [-0.2, 0) is 0 Å². The number of piperazine rings is 1. The predicted molar refractivity (Wildman–Crippen MR) is 66.2 cm³/mol. The molecule has 0 radical (unpaired) electrons. The van der Waals surface area contributed by atoms with Crippen molar-refractivity contribution in [3.05, 3.63) is 24.3 Å². The maximum Gasteiger partial charge on any atom is 0.257 e. The molecule has 2 aliphatic rings. The molecule has 2 fully saturated rings. The number of likely N-dealkylation sites (tertiary alicyclic amines) is 1. The molecule has 1 aromatic rings. The second-order valence-electron chi connectivity index (χ2n) is 4.78. The zero-order chi connectivity index (χ0) is 12.4. The van der Waals surface area contributed by atoms with Gasteiger partial charge < -0.3 is 10.2 Å². The lowest BCUT2D eigenvalue weighted by Crippen LogP contribution is -2.63. The summed E-state index contributed by atoms with van der Waals surface area (Å²) < 4.78 is 0. The first-order valence-corrected chi connectivity index (χ1v) is 6.33. The van der Waals surface area contributed by atoms with Gasteiger partial charge in [-0.25, -0.2) is 9.97 Å². The van der Waals surface area contributed by atoms with Gasteiger partial charge in [0.2, 0.25) is 0 Å². The summed E-state index contributed by atoms with van der Waals surface area (Å²) >= 11 is 0. The molecule has 0 unspecified atom stereocenters. The van der Waals surface area contributed by atoms with E-state index in [1.165, 1.54) is 6.33 Å². The summed E-state index contributed by atoms with van der Waals surface area (Å²) in [5.74, 6) is 0.0435. The van der Waals surface area contributed by atoms with Crippen molar-refractivity contribution in [2.45, 2.75) is 6.04 Å². The molecule has 0 aromatic carbocycles. The van der Waals surface area contributed by atoms with E-state index in [0.717, 1.165) is 39.3 Å². The van der Waals surface area contributed by atoms with Crippen molar-refractivity contribution in [1.82, 2.24) is 25.1 Å². The number of nitrogens with zero attached hydrogens (tertiary/aromatic N) is 4. The van der Waals surface area contributed by atoms with Crippen molar-refractivity contribution >= 4 is 5.91 Å². The summed E-state index contributed by atoms with van der Waals surface area (Å²) in [7, 11) is 0. The molecule has 0 saturated carbocycles. The molecule has 1 aromatic heterocycles. The van der Waals surface area contributed by atoms with E-state index in [4.69, 9.17) is 0 Å². The number of carbonyl (C=O) groups excluding carboxylic acids is 1. The monoisotopic (exact) mass is 247 g/mol. The normalized spacial score (nSPS) is 21.7. The summed E-state index contributed by atoms with van der Waals surface area (Å²) in [6.07, 6.45) is 4.59. The molecule has 0 spiro atoms. The van der Waals surface area contributed by atoms with Gasteiger partial charge in [0.1, 0.15) is 6.33 Å². The predicted octanol–water partition coefficient (Wildman–Crippen LogP) is -0.794. The Balaban J connectivity index is 1.54. The Kier molecular flexibility index (Phi) is 3.21. The summed E-state index contributed by atoms with van der Waals surface area (Å²) in [5, 5.41) is 3.34. The Morgan fingerprint density at radius 2 is 1.89 bits per heavy atom. The number of aromatic nitrogens is 2. The zero-order valence-electron chi connectivity index (χ0n) is 10.2. The highest BCUT2D eigenvalue weighted by molar-refractivity contribution is 5.94. The van der Waals surface area contributed by atoms with E-state index < -0.39 is 0 Å². The van der Waals surface area contributed by atoms with Crippen LogP contribution >= 0.6 is 0 Å². The average Bonchev–Trinajstić information content (AvgIpc) is 2.39. The van der Waals surface area contributed by atoms with E-state index in [1.54, 1.807) is 12.4 Å². The van der Waals surface area contributed by atoms with Crippen LogP contribution in [0.5, 0.6) is 0 Å². The molecule has 96 valence electrons. The third-order valence-electron chi connectivity index (χ3n) is 3.62. The molecule has 2 saturated heterocycles. The van der Waals surface area contributed by atoms with Crippen molar-refractivity contribution in [1.29, 1.82) is 0 Å². The Morgan fingerprint density at radius 3 is 2.56 bits per heavy atom. The molecular weight excluding hydrogens is 230 g/mol. The van der Waals surface area contributed by atoms with Crippen LogP contribution in [0.2, 0.25) is 0 Å². The van der Waals surface area contributed by atoms with Crippen LogP contribution < -0.4 is 5.32 Å². The van der Waals surface area contributed by atoms with Gasteiger partial charge in [-0.2, -0.15) is 0 Å². The summed E-state index contributed by atoms with van der Waals surface area (Å²) in [5.41, 5.74) is 0.580. The minimum Gasteiger partial charge on any atom is -0.335 e. The molecule has 3 rings (SSSR count). The van der Waals surface area contributed by atoms with E-state index in [0.29, 0.717) is 11.6 Å². The third-order valence-corrected chi connectivity index (χ3v) is 3.62. The Bertz CT molecular complexity index is 412. The molecule has 6 nitrogen and oxygen atoms in total. The smallest absolute Gasteiger partial charge is 0.257 e. The second-order valence-corrected chi connectivity index (χ2v) is 4.78. The highest BCUT2D eigenvalue weighted by Gasteiger charge is 2.35. The van der Waals surface area contributed by atoms with E-state index >= 15 is 0 Å². The summed E-state index contributed by atoms with van der Waals surface area (Å²) in [4.78, 5) is 24.2. The lowest BCUT2D eigenvalue weighted by Gasteiger charge is -2.46. The average molecular weight is 247 g/mol. The van der Waals surface area contributed by atoms with E-state index in [2.05, 4.69) is 20.2 Å². The Morgan fingerprint density at radius 1 is 1.22 bits per heavy atom. The van der Waals surface area contributed by atoms with Gasteiger partial charge in [-0.15, -0.1) is 0 Å².